The van der Waals surface area contributed by atoms with Crippen LogP contribution in [0.3, 0.4) is 0 Å². The van der Waals surface area contributed by atoms with Gasteiger partial charge in [-0.2, -0.15) is 4.31 Å². The van der Waals surface area contributed by atoms with Crippen LogP contribution in [0, 0.1) is 5.82 Å². The number of amidine groups is 1. The van der Waals surface area contributed by atoms with Crippen LogP contribution in [-0.4, -0.2) is 56.3 Å². The lowest BCUT2D eigenvalue weighted by Crippen LogP contribution is -2.65. The van der Waals surface area contributed by atoms with Crippen molar-refractivity contribution in [3.05, 3.63) is 30.1 Å². The first-order valence-electron chi connectivity index (χ1n) is 10.8. The third-order valence-corrected chi connectivity index (χ3v) is 8.43. The van der Waals surface area contributed by atoms with Crippen molar-refractivity contribution in [2.45, 2.75) is 67.8 Å². The van der Waals surface area contributed by atoms with Crippen molar-refractivity contribution in [3.8, 4) is 0 Å². The Labute approximate surface area is 173 Å². The van der Waals surface area contributed by atoms with Crippen LogP contribution in [0.1, 0.15) is 51.4 Å². The van der Waals surface area contributed by atoms with Gasteiger partial charge in [0.05, 0.1) is 17.0 Å². The van der Waals surface area contributed by atoms with E-state index in [2.05, 4.69) is 10.6 Å². The maximum Gasteiger partial charge on any atom is 0.243 e. The molecule has 0 amide bonds. The van der Waals surface area contributed by atoms with Gasteiger partial charge in [0.1, 0.15) is 11.7 Å². The number of piperidine rings is 1. The van der Waals surface area contributed by atoms with Gasteiger partial charge < -0.3 is 10.6 Å². The minimum atomic E-state index is -3.61. The average molecular weight is 423 g/mol. The number of benzene rings is 1. The van der Waals surface area contributed by atoms with Gasteiger partial charge in [0.15, 0.2) is 0 Å². The van der Waals surface area contributed by atoms with Crippen LogP contribution in [0.15, 0.2) is 34.2 Å². The van der Waals surface area contributed by atoms with E-state index in [1.54, 1.807) is 0 Å². The summed E-state index contributed by atoms with van der Waals surface area (Å²) in [5.41, 5.74) is -0.265. The highest BCUT2D eigenvalue weighted by Gasteiger charge is 2.43. The minimum Gasteiger partial charge on any atom is -0.370 e. The molecule has 0 bridgehead atoms. The SMILES string of the molecule is O=S(=O)(c1ccc(F)cc1)N1CCC2(CC1)NCCN=C2NC1CCCCCC1. The van der Waals surface area contributed by atoms with E-state index in [1.165, 1.54) is 67.1 Å². The molecular formula is C21H31FN4O2S. The molecule has 1 aliphatic carbocycles. The molecule has 3 aliphatic rings. The second-order valence-corrected chi connectivity index (χ2v) is 10.4. The van der Waals surface area contributed by atoms with E-state index in [1.807, 2.05) is 0 Å². The summed E-state index contributed by atoms with van der Waals surface area (Å²) in [5.74, 6) is 0.591. The molecule has 6 nitrogen and oxygen atoms in total. The molecule has 1 aromatic rings. The Hall–Kier alpha value is -1.51. The fraction of sp³-hybridized carbons (Fsp3) is 0.667. The molecule has 0 radical (unpaired) electrons. The number of rotatable bonds is 3. The zero-order valence-corrected chi connectivity index (χ0v) is 17.7. The normalized spacial score (nSPS) is 24.1. The Kier molecular flexibility index (Phi) is 6.22. The molecule has 160 valence electrons. The van der Waals surface area contributed by atoms with Crippen molar-refractivity contribution in [2.75, 3.05) is 26.2 Å². The second-order valence-electron chi connectivity index (χ2n) is 8.43. The molecule has 1 saturated heterocycles. The second kappa shape index (κ2) is 8.70. The number of hydrogen-bond donors (Lipinski definition) is 2. The topological polar surface area (TPSA) is 73.8 Å². The van der Waals surface area contributed by atoms with E-state index >= 15 is 0 Å². The molecule has 2 aliphatic heterocycles. The van der Waals surface area contributed by atoms with E-state index in [-0.39, 0.29) is 10.4 Å². The number of sulfonamides is 1. The molecule has 2 N–H and O–H groups in total. The Bertz CT molecular complexity index is 825. The maximum atomic E-state index is 13.2. The molecule has 2 heterocycles. The smallest absolute Gasteiger partial charge is 0.243 e. The molecule has 8 heteroatoms. The van der Waals surface area contributed by atoms with Crippen molar-refractivity contribution in [3.63, 3.8) is 0 Å². The first kappa shape index (κ1) is 20.8. The van der Waals surface area contributed by atoms with Crippen LogP contribution in [0.5, 0.6) is 0 Å². The van der Waals surface area contributed by atoms with Crippen LogP contribution in [0.25, 0.3) is 0 Å². The van der Waals surface area contributed by atoms with Crippen molar-refractivity contribution in [2.24, 2.45) is 4.99 Å². The largest absolute Gasteiger partial charge is 0.370 e. The standard InChI is InChI=1S/C21H31FN4O2S/c22-17-7-9-19(10-8-17)29(27,28)26-15-11-21(12-16-26)20(23-13-14-24-21)25-18-5-3-1-2-4-6-18/h7-10,18,24H,1-6,11-16H2,(H,23,25). The summed E-state index contributed by atoms with van der Waals surface area (Å²) < 4.78 is 40.6. The van der Waals surface area contributed by atoms with Gasteiger partial charge in [-0.25, -0.2) is 12.8 Å². The lowest BCUT2D eigenvalue weighted by molar-refractivity contribution is 0.239. The van der Waals surface area contributed by atoms with E-state index in [9.17, 15) is 12.8 Å². The zero-order valence-electron chi connectivity index (χ0n) is 16.9. The molecule has 1 aromatic carbocycles. The van der Waals surface area contributed by atoms with Gasteiger partial charge in [-0.3, -0.25) is 4.99 Å². The van der Waals surface area contributed by atoms with Gasteiger partial charge in [0.25, 0.3) is 0 Å². The van der Waals surface area contributed by atoms with Crippen LogP contribution >= 0.6 is 0 Å². The molecule has 0 unspecified atom stereocenters. The Morgan fingerprint density at radius 2 is 1.72 bits per heavy atom. The molecule has 1 saturated carbocycles. The molecule has 0 atom stereocenters. The van der Waals surface area contributed by atoms with E-state index < -0.39 is 15.8 Å². The average Bonchev–Trinajstić information content (AvgIpc) is 2.99. The third-order valence-electron chi connectivity index (χ3n) is 6.52. The van der Waals surface area contributed by atoms with Crippen LogP contribution in [0.2, 0.25) is 0 Å². The zero-order chi connectivity index (χ0) is 20.3. The monoisotopic (exact) mass is 422 g/mol. The van der Waals surface area contributed by atoms with Crippen molar-refractivity contribution < 1.29 is 12.8 Å². The van der Waals surface area contributed by atoms with Gasteiger partial charge in [-0.15, -0.1) is 0 Å². The summed E-state index contributed by atoms with van der Waals surface area (Å²) in [6.45, 7) is 2.44. The summed E-state index contributed by atoms with van der Waals surface area (Å²) in [7, 11) is -3.61. The quantitative estimate of drug-likeness (QED) is 0.735. The molecule has 0 aromatic heterocycles. The number of aliphatic imine (C=N–C) groups is 1. The first-order valence-corrected chi connectivity index (χ1v) is 12.3. The van der Waals surface area contributed by atoms with Crippen molar-refractivity contribution in [1.29, 1.82) is 0 Å². The third kappa shape index (κ3) is 4.49. The number of nitrogens with one attached hydrogen (secondary N) is 2. The minimum absolute atomic E-state index is 0.150. The van der Waals surface area contributed by atoms with E-state index in [4.69, 9.17) is 4.99 Å². The molecular weight excluding hydrogens is 391 g/mol. The molecule has 1 spiro atoms. The Morgan fingerprint density at radius 1 is 1.07 bits per heavy atom. The van der Waals surface area contributed by atoms with Crippen LogP contribution in [0.4, 0.5) is 4.39 Å². The Morgan fingerprint density at radius 3 is 2.38 bits per heavy atom. The predicted octanol–water partition coefficient (Wildman–Crippen LogP) is 2.66. The highest BCUT2D eigenvalue weighted by molar-refractivity contribution is 7.89. The predicted molar refractivity (Wildman–Crippen MR) is 112 cm³/mol. The molecule has 29 heavy (non-hydrogen) atoms. The summed E-state index contributed by atoms with van der Waals surface area (Å²) >= 11 is 0. The van der Waals surface area contributed by atoms with E-state index in [0.29, 0.717) is 32.0 Å². The first-order chi connectivity index (χ1) is 14.0. The number of halogens is 1. The lowest BCUT2D eigenvalue weighted by Gasteiger charge is -2.45. The van der Waals surface area contributed by atoms with Crippen LogP contribution < -0.4 is 10.6 Å². The van der Waals surface area contributed by atoms with Gasteiger partial charge in [-0.05, 0) is 49.9 Å². The van der Waals surface area contributed by atoms with Gasteiger partial charge >= 0.3 is 0 Å². The van der Waals surface area contributed by atoms with E-state index in [0.717, 1.165) is 18.9 Å². The maximum absolute atomic E-state index is 13.2. The lowest BCUT2D eigenvalue weighted by atomic mass is 9.85. The summed E-state index contributed by atoms with van der Waals surface area (Å²) in [5, 5.41) is 7.37. The highest BCUT2D eigenvalue weighted by atomic mass is 32.2. The molecule has 4 rings (SSSR count). The number of hydrogen-bond acceptors (Lipinski definition) is 5. The highest BCUT2D eigenvalue weighted by Crippen LogP contribution is 2.30. The van der Waals surface area contributed by atoms with Gasteiger partial charge in [-0.1, -0.05) is 25.7 Å². The van der Waals surface area contributed by atoms with Gasteiger partial charge in [0, 0.05) is 25.7 Å². The van der Waals surface area contributed by atoms with Crippen LogP contribution in [-0.2, 0) is 10.0 Å². The Balaban J connectivity index is 1.45. The number of nitrogens with zero attached hydrogens (tertiary/aromatic N) is 2. The van der Waals surface area contributed by atoms with Crippen molar-refractivity contribution in [1.82, 2.24) is 14.9 Å². The van der Waals surface area contributed by atoms with Gasteiger partial charge in [0.2, 0.25) is 10.0 Å². The summed E-state index contributed by atoms with van der Waals surface area (Å²) in [6, 6.07) is 5.54. The summed E-state index contributed by atoms with van der Waals surface area (Å²) in [6.07, 6.45) is 8.87. The summed E-state index contributed by atoms with van der Waals surface area (Å²) in [4.78, 5) is 4.97. The fourth-order valence-corrected chi connectivity index (χ4v) is 6.22. The fourth-order valence-electron chi connectivity index (χ4n) is 4.78. The van der Waals surface area contributed by atoms with Crippen molar-refractivity contribution >= 4 is 15.9 Å². The molecule has 2 fully saturated rings.